The number of nitrogens with zero attached hydrogens (tertiary/aromatic N) is 3. The van der Waals surface area contributed by atoms with Gasteiger partial charge >= 0.3 is 0 Å². The molecule has 1 heterocycles. The van der Waals surface area contributed by atoms with E-state index in [2.05, 4.69) is 27.5 Å². The topological polar surface area (TPSA) is 70.2 Å². The van der Waals surface area contributed by atoms with Gasteiger partial charge in [0.15, 0.2) is 0 Å². The smallest absolute Gasteiger partial charge is 0.239 e. The second kappa shape index (κ2) is 7.24. The first-order valence-electron chi connectivity index (χ1n) is 7.74. The lowest BCUT2D eigenvalue weighted by molar-refractivity contribution is -0.119. The molecule has 0 aliphatic heterocycles. The minimum atomic E-state index is 0.00894. The molecule has 2 rings (SSSR count). The van der Waals surface area contributed by atoms with Crippen LogP contribution in [0.3, 0.4) is 0 Å². The summed E-state index contributed by atoms with van der Waals surface area (Å²) in [7, 11) is 1.89. The van der Waals surface area contributed by atoms with Crippen LogP contribution >= 0.6 is 0 Å². The molecule has 0 radical (unpaired) electrons. The van der Waals surface area contributed by atoms with Crippen LogP contribution in [-0.2, 0) is 4.79 Å². The third-order valence-electron chi connectivity index (χ3n) is 3.37. The van der Waals surface area contributed by atoms with Gasteiger partial charge < -0.3 is 15.5 Å². The maximum absolute atomic E-state index is 11.7. The van der Waals surface area contributed by atoms with Gasteiger partial charge in [-0.3, -0.25) is 4.79 Å². The molecule has 6 heteroatoms. The normalized spacial score (nSPS) is 13.9. The third kappa shape index (κ3) is 4.58. The predicted molar refractivity (Wildman–Crippen MR) is 84.7 cm³/mol. The standard InChI is InChI=1S/C15H25N5O/c1-4-8-17-12-9-13(19-15(18-12)11-6-7-11)20(3)10-14(21)16-5-2/h9,11H,4-8,10H2,1-3H3,(H,16,21)(H,17,18,19). The molecular weight excluding hydrogens is 266 g/mol. The molecule has 1 aliphatic rings. The Bertz CT molecular complexity index is 487. The maximum Gasteiger partial charge on any atom is 0.239 e. The van der Waals surface area contributed by atoms with Crippen LogP contribution in [0, 0.1) is 0 Å². The Morgan fingerprint density at radius 2 is 2.14 bits per heavy atom. The minimum absolute atomic E-state index is 0.00894. The molecule has 0 spiro atoms. The van der Waals surface area contributed by atoms with Crippen LogP contribution in [0.1, 0.15) is 44.9 Å². The van der Waals surface area contributed by atoms with Crippen molar-refractivity contribution in [2.75, 3.05) is 36.9 Å². The second-order valence-corrected chi connectivity index (χ2v) is 5.48. The van der Waals surface area contributed by atoms with E-state index in [9.17, 15) is 4.79 Å². The van der Waals surface area contributed by atoms with Crippen LogP contribution in [0.5, 0.6) is 0 Å². The van der Waals surface area contributed by atoms with Gasteiger partial charge in [-0.05, 0) is 26.2 Å². The Labute approximate surface area is 126 Å². The highest BCUT2D eigenvalue weighted by Gasteiger charge is 2.27. The summed E-state index contributed by atoms with van der Waals surface area (Å²) in [5.74, 6) is 3.05. The molecule has 0 unspecified atom stereocenters. The number of hydrogen-bond donors (Lipinski definition) is 2. The number of carbonyl (C=O) groups excluding carboxylic acids is 1. The molecule has 1 aromatic rings. The van der Waals surface area contributed by atoms with Crippen molar-refractivity contribution in [2.45, 2.75) is 39.0 Å². The zero-order valence-electron chi connectivity index (χ0n) is 13.1. The zero-order chi connectivity index (χ0) is 15.2. The van der Waals surface area contributed by atoms with E-state index in [0.29, 0.717) is 19.0 Å². The van der Waals surface area contributed by atoms with E-state index < -0.39 is 0 Å². The van der Waals surface area contributed by atoms with Gasteiger partial charge in [0.2, 0.25) is 5.91 Å². The van der Waals surface area contributed by atoms with Gasteiger partial charge in [0.05, 0.1) is 6.54 Å². The van der Waals surface area contributed by atoms with Gasteiger partial charge in [0, 0.05) is 32.1 Å². The Balaban J connectivity index is 2.12. The SMILES string of the molecule is CCCNc1cc(N(C)CC(=O)NCC)nc(C2CC2)n1. The first-order chi connectivity index (χ1) is 10.1. The summed E-state index contributed by atoms with van der Waals surface area (Å²) in [6.07, 6.45) is 3.38. The first kappa shape index (κ1) is 15.5. The number of rotatable bonds is 8. The lowest BCUT2D eigenvalue weighted by Crippen LogP contribution is -2.35. The molecule has 1 saturated carbocycles. The Morgan fingerprint density at radius 3 is 2.76 bits per heavy atom. The van der Waals surface area contributed by atoms with Gasteiger partial charge in [-0.1, -0.05) is 6.92 Å². The molecule has 0 aromatic carbocycles. The summed E-state index contributed by atoms with van der Waals surface area (Å²) >= 11 is 0. The second-order valence-electron chi connectivity index (χ2n) is 5.48. The number of carbonyl (C=O) groups is 1. The van der Waals surface area contributed by atoms with Crippen molar-refractivity contribution in [2.24, 2.45) is 0 Å². The highest BCUT2D eigenvalue weighted by atomic mass is 16.2. The molecule has 0 saturated heterocycles. The van der Waals surface area contributed by atoms with Crippen LogP contribution in [0.15, 0.2) is 6.07 Å². The lowest BCUT2D eigenvalue weighted by atomic mass is 10.3. The van der Waals surface area contributed by atoms with Gasteiger partial charge in [0.25, 0.3) is 0 Å². The summed E-state index contributed by atoms with van der Waals surface area (Å²) in [5.41, 5.74) is 0. The average Bonchev–Trinajstić information content (AvgIpc) is 3.29. The molecule has 1 amide bonds. The van der Waals surface area contributed by atoms with Crippen LogP contribution in [-0.4, -0.2) is 42.6 Å². The summed E-state index contributed by atoms with van der Waals surface area (Å²) in [6.45, 7) is 5.88. The van der Waals surface area contributed by atoms with Gasteiger partial charge in [0.1, 0.15) is 17.5 Å². The maximum atomic E-state index is 11.7. The van der Waals surface area contributed by atoms with Crippen molar-refractivity contribution in [1.82, 2.24) is 15.3 Å². The fourth-order valence-corrected chi connectivity index (χ4v) is 2.07. The molecule has 1 aromatic heterocycles. The van der Waals surface area contributed by atoms with E-state index in [1.807, 2.05) is 24.9 Å². The van der Waals surface area contributed by atoms with E-state index in [-0.39, 0.29) is 5.91 Å². The molecule has 2 N–H and O–H groups in total. The first-order valence-corrected chi connectivity index (χ1v) is 7.74. The summed E-state index contributed by atoms with van der Waals surface area (Å²) < 4.78 is 0. The molecule has 1 fully saturated rings. The number of hydrogen-bond acceptors (Lipinski definition) is 5. The van der Waals surface area contributed by atoms with E-state index in [4.69, 9.17) is 0 Å². The fourth-order valence-electron chi connectivity index (χ4n) is 2.07. The zero-order valence-corrected chi connectivity index (χ0v) is 13.1. The van der Waals surface area contributed by atoms with Gasteiger partial charge in [-0.15, -0.1) is 0 Å². The van der Waals surface area contributed by atoms with E-state index in [0.717, 1.165) is 43.3 Å². The van der Waals surface area contributed by atoms with Crippen molar-refractivity contribution in [3.8, 4) is 0 Å². The monoisotopic (exact) mass is 291 g/mol. The van der Waals surface area contributed by atoms with Crippen molar-refractivity contribution in [3.05, 3.63) is 11.9 Å². The predicted octanol–water partition coefficient (Wildman–Crippen LogP) is 1.75. The highest BCUT2D eigenvalue weighted by Crippen LogP contribution is 2.39. The van der Waals surface area contributed by atoms with Crippen molar-refractivity contribution in [3.63, 3.8) is 0 Å². The van der Waals surface area contributed by atoms with Crippen molar-refractivity contribution >= 4 is 17.5 Å². The number of likely N-dealkylation sites (N-methyl/N-ethyl adjacent to an activating group) is 2. The molecule has 116 valence electrons. The molecule has 0 atom stereocenters. The summed E-state index contributed by atoms with van der Waals surface area (Å²) in [6, 6.07) is 1.92. The van der Waals surface area contributed by atoms with E-state index in [1.54, 1.807) is 0 Å². The highest BCUT2D eigenvalue weighted by molar-refractivity contribution is 5.80. The molecule has 21 heavy (non-hydrogen) atoms. The van der Waals surface area contributed by atoms with Gasteiger partial charge in [-0.25, -0.2) is 9.97 Å². The summed E-state index contributed by atoms with van der Waals surface area (Å²) in [5, 5.41) is 6.12. The number of amides is 1. The molecular formula is C15H25N5O. The third-order valence-corrected chi connectivity index (χ3v) is 3.37. The van der Waals surface area contributed by atoms with Crippen LogP contribution in [0.4, 0.5) is 11.6 Å². The van der Waals surface area contributed by atoms with Crippen LogP contribution in [0.2, 0.25) is 0 Å². The van der Waals surface area contributed by atoms with Crippen molar-refractivity contribution in [1.29, 1.82) is 0 Å². The lowest BCUT2D eigenvalue weighted by Gasteiger charge is -2.19. The number of aromatic nitrogens is 2. The average molecular weight is 291 g/mol. The quantitative estimate of drug-likeness (QED) is 0.763. The molecule has 1 aliphatic carbocycles. The Morgan fingerprint density at radius 1 is 1.38 bits per heavy atom. The molecule has 6 nitrogen and oxygen atoms in total. The van der Waals surface area contributed by atoms with Gasteiger partial charge in [-0.2, -0.15) is 0 Å². The largest absolute Gasteiger partial charge is 0.370 e. The minimum Gasteiger partial charge on any atom is -0.370 e. The Hall–Kier alpha value is -1.85. The van der Waals surface area contributed by atoms with E-state index >= 15 is 0 Å². The van der Waals surface area contributed by atoms with Crippen LogP contribution < -0.4 is 15.5 Å². The van der Waals surface area contributed by atoms with E-state index in [1.165, 1.54) is 0 Å². The number of anilines is 2. The summed E-state index contributed by atoms with van der Waals surface area (Å²) in [4.78, 5) is 22.8. The number of nitrogens with one attached hydrogen (secondary N) is 2. The van der Waals surface area contributed by atoms with Crippen LogP contribution in [0.25, 0.3) is 0 Å². The molecule has 0 bridgehead atoms. The van der Waals surface area contributed by atoms with Crippen molar-refractivity contribution < 1.29 is 4.79 Å². The Kier molecular flexibility index (Phi) is 5.36. The fraction of sp³-hybridized carbons (Fsp3) is 0.667.